The number of amides is 1. The molecule has 1 amide bonds. The lowest BCUT2D eigenvalue weighted by Crippen LogP contribution is -2.22. The van der Waals surface area contributed by atoms with E-state index in [4.69, 9.17) is 17.3 Å². The molecule has 4 N–H and O–H groups in total. The largest absolute Gasteiger partial charge is 0.481 e. The molecule has 9 heteroatoms. The van der Waals surface area contributed by atoms with Crippen LogP contribution in [0.2, 0.25) is 0 Å². The Labute approximate surface area is 204 Å². The van der Waals surface area contributed by atoms with Crippen LogP contribution >= 0.6 is 43.2 Å². The van der Waals surface area contributed by atoms with Crippen molar-refractivity contribution >= 4 is 55.1 Å². The Kier molecular flexibility index (Phi) is 22.2. The van der Waals surface area contributed by atoms with Gasteiger partial charge in [0, 0.05) is 34.8 Å². The predicted octanol–water partition coefficient (Wildman–Crippen LogP) is 4.81. The van der Waals surface area contributed by atoms with Crippen LogP contribution in [0, 0.1) is 24.7 Å². The number of rotatable bonds is 11. The lowest BCUT2D eigenvalue weighted by Gasteiger charge is -2.06. The Hall–Kier alpha value is -0.580. The molecule has 0 radical (unpaired) electrons. The Morgan fingerprint density at radius 1 is 0.935 bits per heavy atom. The summed E-state index contributed by atoms with van der Waals surface area (Å²) < 4.78 is 0. The predicted molar refractivity (Wildman–Crippen MR) is 141 cm³/mol. The number of carbonyl (C=O) groups excluding carboxylic acids is 1. The number of nitrogens with one attached hydrogen (secondary N) is 1. The molecule has 0 aromatic heterocycles. The molecule has 2 aliphatic rings. The highest BCUT2D eigenvalue weighted by atomic mass is 33.1. The maximum atomic E-state index is 11.2. The van der Waals surface area contributed by atoms with Gasteiger partial charge in [0.05, 0.1) is 13.1 Å². The Bertz CT molecular complexity index is 552. The van der Waals surface area contributed by atoms with Crippen LogP contribution in [0.1, 0.15) is 64.2 Å². The molecule has 2 aliphatic heterocycles. The van der Waals surface area contributed by atoms with E-state index in [2.05, 4.69) is 23.6 Å². The average molecular weight is 505 g/mol. The third kappa shape index (κ3) is 21.0. The number of aliphatic carboxylic acids is 1. The molecule has 2 saturated heterocycles. The first-order valence-corrected chi connectivity index (χ1v) is 15.4. The van der Waals surface area contributed by atoms with Crippen molar-refractivity contribution in [1.29, 1.82) is 0 Å². The number of carboxylic acid groups (broad SMARTS) is 1. The fourth-order valence-corrected chi connectivity index (χ4v) is 8.73. The third-order valence-corrected chi connectivity index (χ3v) is 10.3. The fourth-order valence-electron chi connectivity index (χ4n) is 2.67. The number of nitrogens with two attached hydrogens (primary N) is 1. The highest BCUT2D eigenvalue weighted by molar-refractivity contribution is 8.77. The zero-order chi connectivity index (χ0) is 23.2. The van der Waals surface area contributed by atoms with E-state index in [1.165, 1.54) is 37.2 Å². The lowest BCUT2D eigenvalue weighted by atomic mass is 10.1. The summed E-state index contributed by atoms with van der Waals surface area (Å²) in [5.41, 5.74) is 4.79. The van der Waals surface area contributed by atoms with Gasteiger partial charge >= 0.3 is 5.97 Å². The third-order valence-electron chi connectivity index (χ3n) is 4.31. The maximum absolute atomic E-state index is 11.2. The summed E-state index contributed by atoms with van der Waals surface area (Å²) in [7, 11) is 7.89. The van der Waals surface area contributed by atoms with Crippen LogP contribution in [0.4, 0.5) is 0 Å². The van der Waals surface area contributed by atoms with E-state index in [9.17, 15) is 9.59 Å². The van der Waals surface area contributed by atoms with Crippen LogP contribution in [-0.2, 0) is 9.59 Å². The topological polar surface area (TPSA) is 92.4 Å². The average Bonchev–Trinajstić information content (AvgIpc) is 3.47. The van der Waals surface area contributed by atoms with Crippen LogP contribution in [0.3, 0.4) is 0 Å². The first kappa shape index (κ1) is 30.4. The first-order chi connectivity index (χ1) is 15.0. The molecule has 0 bridgehead atoms. The smallest absolute Gasteiger partial charge is 0.303 e. The normalized spacial score (nSPS) is 19.1. The molecule has 0 aromatic carbocycles. The Morgan fingerprint density at radius 3 is 1.84 bits per heavy atom. The van der Waals surface area contributed by atoms with Crippen molar-refractivity contribution in [1.82, 2.24) is 5.32 Å². The second-order valence-electron chi connectivity index (χ2n) is 6.93. The number of terminal acetylenes is 2. The van der Waals surface area contributed by atoms with Crippen LogP contribution in [0.25, 0.3) is 0 Å². The molecule has 31 heavy (non-hydrogen) atoms. The minimum absolute atomic E-state index is 0.0846. The zero-order valence-electron chi connectivity index (χ0n) is 18.2. The summed E-state index contributed by atoms with van der Waals surface area (Å²) in [6.07, 6.45) is 19.8. The van der Waals surface area contributed by atoms with Crippen molar-refractivity contribution < 1.29 is 14.7 Å². The summed E-state index contributed by atoms with van der Waals surface area (Å²) in [5.74, 6) is 6.59. The van der Waals surface area contributed by atoms with Gasteiger partial charge in [0.15, 0.2) is 0 Å². The van der Waals surface area contributed by atoms with E-state index in [0.29, 0.717) is 25.9 Å². The van der Waals surface area contributed by atoms with E-state index in [1.807, 2.05) is 43.2 Å². The summed E-state index contributed by atoms with van der Waals surface area (Å²) in [5, 5.41) is 12.7. The number of unbranched alkanes of at least 4 members (excludes halogenated alkanes) is 2. The van der Waals surface area contributed by atoms with Crippen LogP contribution in [-0.4, -0.2) is 52.1 Å². The number of hydrogen-bond acceptors (Lipinski definition) is 7. The van der Waals surface area contributed by atoms with Gasteiger partial charge in [0.1, 0.15) is 0 Å². The number of hydrogen-bond donors (Lipinski definition) is 3. The molecule has 0 aromatic rings. The Morgan fingerprint density at radius 2 is 1.45 bits per heavy atom. The molecular weight excluding hydrogens is 469 g/mol. The molecule has 0 spiro atoms. The van der Waals surface area contributed by atoms with Gasteiger partial charge in [-0.05, 0) is 38.5 Å². The van der Waals surface area contributed by atoms with Gasteiger partial charge in [-0.2, -0.15) is 0 Å². The van der Waals surface area contributed by atoms with Crippen LogP contribution < -0.4 is 11.1 Å². The highest BCUT2D eigenvalue weighted by Crippen LogP contribution is 2.40. The van der Waals surface area contributed by atoms with E-state index >= 15 is 0 Å². The fraction of sp³-hybridized carbons (Fsp3) is 0.727. The molecule has 2 rings (SSSR count). The summed E-state index contributed by atoms with van der Waals surface area (Å²) in [6, 6.07) is 0. The minimum atomic E-state index is -0.663. The maximum Gasteiger partial charge on any atom is 0.303 e. The van der Waals surface area contributed by atoms with Crippen molar-refractivity contribution in [3.8, 4) is 24.7 Å². The zero-order valence-corrected chi connectivity index (χ0v) is 21.4. The highest BCUT2D eigenvalue weighted by Gasteiger charge is 2.16. The van der Waals surface area contributed by atoms with Crippen molar-refractivity contribution in [2.75, 3.05) is 24.6 Å². The van der Waals surface area contributed by atoms with Gasteiger partial charge in [-0.1, -0.05) is 67.9 Å². The Balaban J connectivity index is 0.000000504. The van der Waals surface area contributed by atoms with Gasteiger partial charge < -0.3 is 16.2 Å². The van der Waals surface area contributed by atoms with Crippen LogP contribution in [0.15, 0.2) is 0 Å². The summed E-state index contributed by atoms with van der Waals surface area (Å²) in [4.78, 5) is 21.4. The molecule has 0 saturated carbocycles. The van der Waals surface area contributed by atoms with Crippen molar-refractivity contribution in [2.45, 2.75) is 74.7 Å². The van der Waals surface area contributed by atoms with Gasteiger partial charge in [-0.25, -0.2) is 0 Å². The van der Waals surface area contributed by atoms with E-state index in [-0.39, 0.29) is 5.91 Å². The van der Waals surface area contributed by atoms with Crippen molar-refractivity contribution in [2.24, 2.45) is 5.73 Å². The number of carbonyl (C=O) groups is 2. The van der Waals surface area contributed by atoms with Crippen molar-refractivity contribution in [3.05, 3.63) is 0 Å². The van der Waals surface area contributed by atoms with Gasteiger partial charge in [-0.3, -0.25) is 9.59 Å². The van der Waals surface area contributed by atoms with E-state index in [1.54, 1.807) is 0 Å². The molecule has 0 aliphatic carbocycles. The number of carboxylic acids is 1. The molecule has 2 atom stereocenters. The monoisotopic (exact) mass is 504 g/mol. The lowest BCUT2D eigenvalue weighted by molar-refractivity contribution is -0.137. The minimum Gasteiger partial charge on any atom is -0.481 e. The summed E-state index contributed by atoms with van der Waals surface area (Å²) >= 11 is 0. The standard InChI is InChI=1S/C11H17NOS2.C8H14O2S2.C3H5N/c1-2-8-12-11(13)6-4-3-5-10-7-9-14-15-10;9-8(10)4-2-1-3-7-5-6-11-12-7;1-2-3-4/h1,10H,3-9H2,(H,12,13);7H,1-6H2,(H,9,10);1H,3-4H2/t10-;7-;/m00./s1. The summed E-state index contributed by atoms with van der Waals surface area (Å²) in [6.45, 7) is 0.702. The van der Waals surface area contributed by atoms with E-state index in [0.717, 1.165) is 36.2 Å². The van der Waals surface area contributed by atoms with Gasteiger partial charge in [0.2, 0.25) is 5.91 Å². The molecule has 0 unspecified atom stereocenters. The molecular formula is C22H36N2O3S4. The quantitative estimate of drug-likeness (QED) is 0.210. The molecule has 5 nitrogen and oxygen atoms in total. The van der Waals surface area contributed by atoms with Gasteiger partial charge in [0.25, 0.3) is 0 Å². The molecule has 2 heterocycles. The van der Waals surface area contributed by atoms with Gasteiger partial charge in [-0.15, -0.1) is 12.8 Å². The van der Waals surface area contributed by atoms with Crippen LogP contribution in [0.5, 0.6) is 0 Å². The molecule has 176 valence electrons. The first-order valence-electron chi connectivity index (χ1n) is 10.7. The molecule has 2 fully saturated rings. The SMILES string of the molecule is C#CCN.C#CCNC(=O)CCCC[C@H]1CCSS1.O=C(O)CCCC[C@H]1CCSS1. The van der Waals surface area contributed by atoms with Crippen molar-refractivity contribution in [3.63, 3.8) is 0 Å². The second-order valence-corrected chi connectivity index (χ2v) is 12.5. The van der Waals surface area contributed by atoms with E-state index < -0.39 is 5.97 Å². The second kappa shape index (κ2) is 22.6.